The molecule has 8 N–H and O–H groups in total. The van der Waals surface area contributed by atoms with E-state index in [1.165, 1.54) is 13.2 Å². The van der Waals surface area contributed by atoms with Crippen LogP contribution in [0.1, 0.15) is 50.0 Å². The number of fused-ring (bicyclic) bond motifs is 3. The minimum absolute atomic E-state index is 0.0177. The third-order valence-corrected chi connectivity index (χ3v) is 10.2. The summed E-state index contributed by atoms with van der Waals surface area (Å²) >= 11 is 0. The Labute approximate surface area is 238 Å². The van der Waals surface area contributed by atoms with Crippen LogP contribution in [0.15, 0.2) is 30.3 Å². The number of primary amides is 1. The average Bonchev–Trinajstić information content (AvgIpc) is 2.86. The molecule has 2 saturated carbocycles. The van der Waals surface area contributed by atoms with E-state index in [2.05, 4.69) is 0 Å². The van der Waals surface area contributed by atoms with Gasteiger partial charge in [0.25, 0.3) is 0 Å². The molecule has 4 unspecified atom stereocenters. The van der Waals surface area contributed by atoms with Gasteiger partial charge in [-0.2, -0.15) is 0 Å². The number of Topliss-reactive ketones (excluding diaryl/α,β-unsaturated/α-hetero) is 2. The van der Waals surface area contributed by atoms with Gasteiger partial charge in [-0.05, 0) is 65.5 Å². The average molecular weight is 567 g/mol. The zero-order valence-electron chi connectivity index (χ0n) is 23.8. The molecule has 0 bridgehead atoms. The fourth-order valence-corrected chi connectivity index (χ4v) is 8.72. The summed E-state index contributed by atoms with van der Waals surface area (Å²) in [5.41, 5.74) is 8.81. The molecule has 2 aromatic carbocycles. The van der Waals surface area contributed by atoms with Crippen molar-refractivity contribution in [2.75, 3.05) is 12.8 Å². The van der Waals surface area contributed by atoms with Gasteiger partial charge in [0.1, 0.15) is 23.5 Å². The molecule has 0 aliphatic heterocycles. The highest BCUT2D eigenvalue weighted by atomic mass is 16.5. The summed E-state index contributed by atoms with van der Waals surface area (Å²) in [5.74, 6) is -6.80. The standard InChI is InChI=1S/C31H38N2O8/c1-13(2)22-25(36)21(28(33)39)26(37)31(40)27(38)23-24(35)20-17(11-29(23,3)12-30(22,31)4)15(7-8-18(20)34)16-10-14(32)6-9-19(16)41-5/h6-10,13,21-23,25,27,34,36,38,40H,11-12,32H2,1-5H3,(H2,33,39)/t21?,22-,23?,25?,27?,29+,30+,31-/m0/s1. The van der Waals surface area contributed by atoms with Gasteiger partial charge in [-0.25, -0.2) is 0 Å². The van der Waals surface area contributed by atoms with E-state index in [1.807, 2.05) is 6.92 Å². The highest BCUT2D eigenvalue weighted by molar-refractivity contribution is 6.09. The van der Waals surface area contributed by atoms with Crippen molar-refractivity contribution < 1.29 is 39.5 Å². The number of phenols is 1. The number of nitrogens with two attached hydrogens (primary N) is 2. The van der Waals surface area contributed by atoms with Crippen molar-refractivity contribution in [1.29, 1.82) is 0 Å². The Bertz CT molecular complexity index is 1470. The molecule has 1 amide bonds. The number of benzene rings is 2. The molecule has 5 rings (SSSR count). The zero-order valence-corrected chi connectivity index (χ0v) is 23.8. The quantitative estimate of drug-likeness (QED) is 0.236. The maximum atomic E-state index is 14.3. The van der Waals surface area contributed by atoms with Gasteiger partial charge < -0.3 is 36.6 Å². The number of carbonyl (C=O) groups is 3. The molecule has 10 nitrogen and oxygen atoms in total. The van der Waals surface area contributed by atoms with Crippen LogP contribution in [0.3, 0.4) is 0 Å². The van der Waals surface area contributed by atoms with Crippen molar-refractivity contribution in [1.82, 2.24) is 0 Å². The molecule has 0 radical (unpaired) electrons. The van der Waals surface area contributed by atoms with E-state index in [0.29, 0.717) is 28.1 Å². The monoisotopic (exact) mass is 566 g/mol. The number of rotatable bonds is 4. The van der Waals surface area contributed by atoms with Crippen LogP contribution in [0.4, 0.5) is 5.69 Å². The molecule has 0 aromatic heterocycles. The van der Waals surface area contributed by atoms with E-state index in [9.17, 15) is 34.8 Å². The van der Waals surface area contributed by atoms with Gasteiger partial charge >= 0.3 is 0 Å². The predicted molar refractivity (Wildman–Crippen MR) is 150 cm³/mol. The predicted octanol–water partition coefficient (Wildman–Crippen LogP) is 1.83. The minimum atomic E-state index is -2.55. The molecule has 2 aromatic rings. The van der Waals surface area contributed by atoms with Crippen molar-refractivity contribution in [2.24, 2.45) is 40.2 Å². The number of anilines is 1. The van der Waals surface area contributed by atoms with Gasteiger partial charge in [0.15, 0.2) is 17.2 Å². The number of hydrogen-bond acceptors (Lipinski definition) is 9. The number of aliphatic hydroxyl groups is 3. The Morgan fingerprint density at radius 3 is 2.34 bits per heavy atom. The van der Waals surface area contributed by atoms with Crippen LogP contribution in [-0.4, -0.2) is 62.8 Å². The van der Waals surface area contributed by atoms with Crippen molar-refractivity contribution in [3.8, 4) is 22.6 Å². The minimum Gasteiger partial charge on any atom is -0.507 e. The lowest BCUT2D eigenvalue weighted by molar-refractivity contribution is -0.265. The van der Waals surface area contributed by atoms with E-state index in [-0.39, 0.29) is 30.1 Å². The molecule has 3 aliphatic carbocycles. The first-order chi connectivity index (χ1) is 19.0. The van der Waals surface area contributed by atoms with Crippen LogP contribution < -0.4 is 16.2 Å². The summed E-state index contributed by atoms with van der Waals surface area (Å²) in [6.07, 6.45) is -3.17. The first-order valence-corrected chi connectivity index (χ1v) is 13.8. The van der Waals surface area contributed by atoms with Crippen LogP contribution in [0, 0.1) is 34.5 Å². The maximum Gasteiger partial charge on any atom is 0.230 e. The second-order valence-corrected chi connectivity index (χ2v) is 12.9. The molecule has 8 atom stereocenters. The Morgan fingerprint density at radius 2 is 1.76 bits per heavy atom. The number of amides is 1. The fourth-order valence-electron chi connectivity index (χ4n) is 8.72. The van der Waals surface area contributed by atoms with Crippen LogP contribution in [0.25, 0.3) is 11.1 Å². The summed E-state index contributed by atoms with van der Waals surface area (Å²) in [7, 11) is 1.51. The molecular weight excluding hydrogens is 528 g/mol. The first-order valence-electron chi connectivity index (χ1n) is 13.8. The summed E-state index contributed by atoms with van der Waals surface area (Å²) in [6.45, 7) is 7.05. The van der Waals surface area contributed by atoms with Gasteiger partial charge in [0.2, 0.25) is 5.91 Å². The molecule has 0 heterocycles. The number of ether oxygens (including phenoxy) is 1. The molecular formula is C31H38N2O8. The molecule has 10 heteroatoms. The Balaban J connectivity index is 1.75. The van der Waals surface area contributed by atoms with Crippen LogP contribution in [0.5, 0.6) is 11.5 Å². The summed E-state index contributed by atoms with van der Waals surface area (Å²) < 4.78 is 5.57. The van der Waals surface area contributed by atoms with E-state index in [4.69, 9.17) is 16.2 Å². The Morgan fingerprint density at radius 1 is 1.10 bits per heavy atom. The topological polar surface area (TPSA) is 193 Å². The largest absolute Gasteiger partial charge is 0.507 e. The van der Waals surface area contributed by atoms with Crippen molar-refractivity contribution in [2.45, 2.75) is 58.3 Å². The Kier molecular flexibility index (Phi) is 6.57. The van der Waals surface area contributed by atoms with E-state index < -0.39 is 63.9 Å². The van der Waals surface area contributed by atoms with E-state index in [0.717, 1.165) is 0 Å². The SMILES string of the molecule is COc1ccc(N)cc1-c1ccc(O)c2c1C[C@]1(C)C[C@]3(C)[C@@H](C(C)C)C(O)C(C(N)=O)C(=O)[C@]3(O)C(O)C1C2=O. The van der Waals surface area contributed by atoms with Gasteiger partial charge in [0, 0.05) is 16.7 Å². The number of phenolic OH excluding ortho intramolecular Hbond substituents is 1. The molecule has 0 saturated heterocycles. The van der Waals surface area contributed by atoms with E-state index >= 15 is 0 Å². The van der Waals surface area contributed by atoms with E-state index in [1.54, 1.807) is 45.0 Å². The van der Waals surface area contributed by atoms with Gasteiger partial charge in [-0.3, -0.25) is 14.4 Å². The van der Waals surface area contributed by atoms with Crippen molar-refractivity contribution >= 4 is 23.2 Å². The summed E-state index contributed by atoms with van der Waals surface area (Å²) in [4.78, 5) is 40.4. The summed E-state index contributed by atoms with van der Waals surface area (Å²) in [6, 6.07) is 8.18. The molecule has 0 spiro atoms. The van der Waals surface area contributed by atoms with Crippen molar-refractivity contribution in [3.05, 3.63) is 41.5 Å². The number of nitrogen functional groups attached to an aromatic ring is 1. The number of hydrogen-bond donors (Lipinski definition) is 6. The molecule has 2 fully saturated rings. The number of carbonyl (C=O) groups excluding carboxylic acids is 3. The zero-order chi connectivity index (χ0) is 30.4. The smallest absolute Gasteiger partial charge is 0.230 e. The molecule has 220 valence electrons. The van der Waals surface area contributed by atoms with Crippen LogP contribution in [-0.2, 0) is 16.0 Å². The lowest BCUT2D eigenvalue weighted by atomic mass is 9.39. The summed E-state index contributed by atoms with van der Waals surface area (Å²) in [5, 5.41) is 46.3. The number of methoxy groups -OCH3 is 1. The highest BCUT2D eigenvalue weighted by Crippen LogP contribution is 2.66. The number of aromatic hydroxyl groups is 1. The first kappa shape index (κ1) is 29.0. The third-order valence-electron chi connectivity index (χ3n) is 10.2. The molecule has 3 aliphatic rings. The number of ketones is 2. The molecule has 41 heavy (non-hydrogen) atoms. The second kappa shape index (κ2) is 9.27. The lowest BCUT2D eigenvalue weighted by Gasteiger charge is -2.66. The number of aliphatic hydroxyl groups excluding tert-OH is 2. The van der Waals surface area contributed by atoms with Gasteiger partial charge in [-0.15, -0.1) is 0 Å². The highest BCUT2D eigenvalue weighted by Gasteiger charge is 2.75. The Hall–Kier alpha value is -3.47. The fraction of sp³-hybridized carbons (Fsp3) is 0.516. The second-order valence-electron chi connectivity index (χ2n) is 12.9. The van der Waals surface area contributed by atoms with Crippen molar-refractivity contribution in [3.63, 3.8) is 0 Å². The lowest BCUT2D eigenvalue weighted by Crippen LogP contribution is -2.79. The third kappa shape index (κ3) is 3.70. The van der Waals surface area contributed by atoms with Gasteiger partial charge in [-0.1, -0.05) is 33.8 Å². The van der Waals surface area contributed by atoms with Crippen LogP contribution in [0.2, 0.25) is 0 Å². The van der Waals surface area contributed by atoms with Gasteiger partial charge in [0.05, 0.1) is 24.7 Å². The van der Waals surface area contributed by atoms with Crippen LogP contribution >= 0.6 is 0 Å². The maximum absolute atomic E-state index is 14.3. The normalized spacial score (nSPS) is 36.4.